The van der Waals surface area contributed by atoms with E-state index in [0.717, 1.165) is 6.20 Å². The molecule has 0 radical (unpaired) electrons. The molecule has 0 unspecified atom stereocenters. The van der Waals surface area contributed by atoms with Crippen LogP contribution in [0.15, 0.2) is 10.7 Å². The minimum Gasteiger partial charge on any atom is -0.387 e. The lowest BCUT2D eigenvalue weighted by Gasteiger charge is -2.12. The van der Waals surface area contributed by atoms with Crippen molar-refractivity contribution in [2.75, 3.05) is 0 Å². The molecule has 0 aliphatic rings. The van der Waals surface area contributed by atoms with E-state index in [2.05, 4.69) is 25.7 Å². The molecular formula is C7H5BrClF3N2O. The van der Waals surface area contributed by atoms with Gasteiger partial charge in [0, 0.05) is 18.3 Å². The topological polar surface area (TPSA) is 48.1 Å². The number of pyridine rings is 1. The summed E-state index contributed by atoms with van der Waals surface area (Å²) in [4.78, 5) is 3.40. The third kappa shape index (κ3) is 3.22. The van der Waals surface area contributed by atoms with Gasteiger partial charge in [-0.15, -0.1) is 13.2 Å². The van der Waals surface area contributed by atoms with Gasteiger partial charge in [0.25, 0.3) is 0 Å². The van der Waals surface area contributed by atoms with Gasteiger partial charge in [-0.05, 0) is 15.9 Å². The molecule has 0 fully saturated rings. The van der Waals surface area contributed by atoms with Gasteiger partial charge in [0.05, 0.1) is 9.50 Å². The van der Waals surface area contributed by atoms with Crippen molar-refractivity contribution in [2.45, 2.75) is 12.9 Å². The van der Waals surface area contributed by atoms with Gasteiger partial charge in [-0.1, -0.05) is 11.6 Å². The van der Waals surface area contributed by atoms with Gasteiger partial charge in [-0.25, -0.2) is 4.98 Å². The fraction of sp³-hybridized carbons (Fsp3) is 0.286. The maximum absolute atomic E-state index is 11.9. The second kappa shape index (κ2) is 4.54. The average molecular weight is 305 g/mol. The minimum atomic E-state index is -4.80. The number of nitrogens with two attached hydrogens (primary N) is 1. The number of hydrogen-bond donors (Lipinski definition) is 1. The molecule has 0 bridgehead atoms. The predicted molar refractivity (Wildman–Crippen MR) is 51.5 cm³/mol. The second-order valence-corrected chi connectivity index (χ2v) is 3.66. The molecule has 1 rings (SSSR count). The van der Waals surface area contributed by atoms with Gasteiger partial charge in [-0.2, -0.15) is 0 Å². The van der Waals surface area contributed by atoms with Crippen LogP contribution in [0.3, 0.4) is 0 Å². The Labute approximate surface area is 96.5 Å². The molecule has 0 spiro atoms. The fourth-order valence-corrected chi connectivity index (χ4v) is 1.75. The van der Waals surface area contributed by atoms with E-state index in [1.165, 1.54) is 0 Å². The first kappa shape index (κ1) is 12.5. The van der Waals surface area contributed by atoms with Crippen LogP contribution < -0.4 is 10.5 Å². The number of alkyl halides is 3. The fourth-order valence-electron chi connectivity index (χ4n) is 0.852. The Morgan fingerprint density at radius 3 is 2.60 bits per heavy atom. The summed E-state index contributed by atoms with van der Waals surface area (Å²) in [5.41, 5.74) is 5.62. The van der Waals surface area contributed by atoms with Crippen molar-refractivity contribution in [1.82, 2.24) is 4.98 Å². The molecule has 0 atom stereocenters. The quantitative estimate of drug-likeness (QED) is 0.914. The molecule has 0 amide bonds. The molecule has 0 aromatic carbocycles. The van der Waals surface area contributed by atoms with Crippen molar-refractivity contribution in [3.63, 3.8) is 0 Å². The van der Waals surface area contributed by atoms with Gasteiger partial charge >= 0.3 is 6.36 Å². The third-order valence-electron chi connectivity index (χ3n) is 1.45. The van der Waals surface area contributed by atoms with Gasteiger partial charge in [0.2, 0.25) is 5.88 Å². The monoisotopic (exact) mass is 304 g/mol. The van der Waals surface area contributed by atoms with Crippen LogP contribution in [0.1, 0.15) is 5.56 Å². The van der Waals surface area contributed by atoms with Crippen LogP contribution in [0.2, 0.25) is 5.02 Å². The smallest absolute Gasteiger partial charge is 0.387 e. The molecule has 1 aromatic rings. The number of halogens is 5. The van der Waals surface area contributed by atoms with E-state index < -0.39 is 12.2 Å². The minimum absolute atomic E-state index is 0.00910. The largest absolute Gasteiger partial charge is 0.574 e. The molecule has 3 nitrogen and oxygen atoms in total. The molecule has 2 N–H and O–H groups in total. The summed E-state index contributed by atoms with van der Waals surface area (Å²) in [6.07, 6.45) is -3.75. The Hall–Kier alpha value is -0.530. The molecule has 0 saturated heterocycles. The lowest BCUT2D eigenvalue weighted by molar-refractivity contribution is -0.276. The number of rotatable bonds is 2. The molecule has 0 aliphatic carbocycles. The number of hydrogen-bond acceptors (Lipinski definition) is 3. The number of aromatic nitrogens is 1. The zero-order valence-electron chi connectivity index (χ0n) is 7.11. The summed E-state index contributed by atoms with van der Waals surface area (Å²) in [6, 6.07) is 0. The highest BCUT2D eigenvalue weighted by Crippen LogP contribution is 2.33. The van der Waals surface area contributed by atoms with Crippen molar-refractivity contribution in [2.24, 2.45) is 5.73 Å². The van der Waals surface area contributed by atoms with Gasteiger partial charge < -0.3 is 10.5 Å². The Bertz CT molecular complexity index is 372. The standard InChI is InChI=1S/C7H5BrClF3N2O/c8-5-3(1-13)4(9)2-14-6(5)15-7(10,11)12/h2H,1,13H2. The van der Waals surface area contributed by atoms with E-state index in [0.29, 0.717) is 5.56 Å². The van der Waals surface area contributed by atoms with E-state index in [1.54, 1.807) is 0 Å². The zero-order valence-corrected chi connectivity index (χ0v) is 9.45. The first-order chi connectivity index (χ1) is 6.85. The van der Waals surface area contributed by atoms with Gasteiger partial charge in [-0.3, -0.25) is 0 Å². The lowest BCUT2D eigenvalue weighted by Crippen LogP contribution is -2.18. The molecule has 0 aliphatic heterocycles. The third-order valence-corrected chi connectivity index (χ3v) is 2.60. The molecule has 8 heteroatoms. The Kier molecular flexibility index (Phi) is 3.80. The van der Waals surface area contributed by atoms with Crippen LogP contribution in [0, 0.1) is 0 Å². The highest BCUT2D eigenvalue weighted by atomic mass is 79.9. The summed E-state index contributed by atoms with van der Waals surface area (Å²) in [5, 5.41) is 0.180. The Balaban J connectivity index is 3.11. The van der Waals surface area contributed by atoms with Crippen LogP contribution in [-0.2, 0) is 6.54 Å². The first-order valence-corrected chi connectivity index (χ1v) is 4.81. The van der Waals surface area contributed by atoms with Crippen LogP contribution in [0.4, 0.5) is 13.2 Å². The van der Waals surface area contributed by atoms with E-state index in [4.69, 9.17) is 17.3 Å². The molecular weight excluding hydrogens is 300 g/mol. The number of ether oxygens (including phenoxy) is 1. The van der Waals surface area contributed by atoms with Crippen LogP contribution in [0.25, 0.3) is 0 Å². The number of nitrogens with zero attached hydrogens (tertiary/aromatic N) is 1. The highest BCUT2D eigenvalue weighted by molar-refractivity contribution is 9.10. The highest BCUT2D eigenvalue weighted by Gasteiger charge is 2.33. The normalized spacial score (nSPS) is 11.6. The van der Waals surface area contributed by atoms with Gasteiger partial charge in [0.1, 0.15) is 0 Å². The zero-order chi connectivity index (χ0) is 11.6. The van der Waals surface area contributed by atoms with E-state index in [9.17, 15) is 13.2 Å². The second-order valence-electron chi connectivity index (χ2n) is 2.46. The SMILES string of the molecule is NCc1c(Cl)cnc(OC(F)(F)F)c1Br. The van der Waals surface area contributed by atoms with Crippen molar-refractivity contribution < 1.29 is 17.9 Å². The van der Waals surface area contributed by atoms with Gasteiger partial charge in [0.15, 0.2) is 0 Å². The summed E-state index contributed by atoms with van der Waals surface area (Å²) in [7, 11) is 0. The van der Waals surface area contributed by atoms with Crippen LogP contribution in [-0.4, -0.2) is 11.3 Å². The Morgan fingerprint density at radius 1 is 1.53 bits per heavy atom. The van der Waals surface area contributed by atoms with E-state index in [1.807, 2.05) is 0 Å². The molecule has 1 aromatic heterocycles. The van der Waals surface area contributed by atoms with Crippen molar-refractivity contribution in [3.05, 3.63) is 21.3 Å². The lowest BCUT2D eigenvalue weighted by atomic mass is 10.3. The van der Waals surface area contributed by atoms with Crippen LogP contribution >= 0.6 is 27.5 Å². The summed E-state index contributed by atoms with van der Waals surface area (Å²) in [6.45, 7) is -0.0177. The van der Waals surface area contributed by atoms with Crippen LogP contribution in [0.5, 0.6) is 5.88 Å². The molecule has 84 valence electrons. The molecule has 1 heterocycles. The summed E-state index contributed by atoms with van der Waals surface area (Å²) in [5.74, 6) is -0.604. The maximum atomic E-state index is 11.9. The van der Waals surface area contributed by atoms with E-state index >= 15 is 0 Å². The maximum Gasteiger partial charge on any atom is 0.574 e. The summed E-state index contributed by atoms with van der Waals surface area (Å²) < 4.78 is 39.4. The van der Waals surface area contributed by atoms with Crippen molar-refractivity contribution in [3.8, 4) is 5.88 Å². The van der Waals surface area contributed by atoms with E-state index in [-0.39, 0.29) is 16.0 Å². The first-order valence-electron chi connectivity index (χ1n) is 3.64. The van der Waals surface area contributed by atoms with Crippen molar-refractivity contribution in [1.29, 1.82) is 0 Å². The van der Waals surface area contributed by atoms with Crippen molar-refractivity contribution >= 4 is 27.5 Å². The predicted octanol–water partition coefficient (Wildman–Crippen LogP) is 2.85. The Morgan fingerprint density at radius 2 is 2.13 bits per heavy atom. The molecule has 0 saturated carbocycles. The summed E-state index contributed by atoms with van der Waals surface area (Å²) >= 11 is 8.56. The molecule has 15 heavy (non-hydrogen) atoms. The average Bonchev–Trinajstić information content (AvgIpc) is 2.09.